The highest BCUT2D eigenvalue weighted by Gasteiger charge is 2.54. The quantitative estimate of drug-likeness (QED) is 0.523. The molecular weight excluding hydrogens is 412 g/mol. The molecule has 0 radical (unpaired) electrons. The fourth-order valence-corrected chi connectivity index (χ4v) is 6.98. The number of pyridine rings is 2. The van der Waals surface area contributed by atoms with E-state index in [9.17, 15) is 9.59 Å². The van der Waals surface area contributed by atoms with Crippen molar-refractivity contribution in [2.45, 2.75) is 78.1 Å². The summed E-state index contributed by atoms with van der Waals surface area (Å²) in [5, 5.41) is 6.98. The van der Waals surface area contributed by atoms with E-state index in [1.165, 1.54) is 19.3 Å². The molecule has 2 heterocycles. The van der Waals surface area contributed by atoms with E-state index < -0.39 is 0 Å². The van der Waals surface area contributed by atoms with Crippen molar-refractivity contribution in [3.63, 3.8) is 0 Å². The number of aromatic nitrogens is 2. The van der Waals surface area contributed by atoms with Crippen molar-refractivity contribution in [1.29, 1.82) is 0 Å². The maximum Gasteiger partial charge on any atom is 0.231 e. The van der Waals surface area contributed by atoms with E-state index in [2.05, 4.69) is 27.5 Å². The second-order valence-electron chi connectivity index (χ2n) is 10.8. The van der Waals surface area contributed by atoms with Gasteiger partial charge in [-0.2, -0.15) is 0 Å². The molecule has 2 aromatic heterocycles. The lowest BCUT2D eigenvalue weighted by Crippen LogP contribution is -2.51. The van der Waals surface area contributed by atoms with Gasteiger partial charge in [-0.15, -0.1) is 0 Å². The number of anilines is 2. The lowest BCUT2D eigenvalue weighted by Gasteiger charge is -2.55. The normalized spacial score (nSPS) is 28.6. The van der Waals surface area contributed by atoms with Crippen LogP contribution in [0.1, 0.15) is 78.1 Å². The number of unbranched alkanes of at least 4 members (excludes halogenated alkanes) is 1. The molecule has 4 bridgehead atoms. The highest BCUT2D eigenvalue weighted by molar-refractivity contribution is 5.96. The van der Waals surface area contributed by atoms with Crippen LogP contribution in [0.15, 0.2) is 24.3 Å². The van der Waals surface area contributed by atoms with Gasteiger partial charge in [0.25, 0.3) is 0 Å². The van der Waals surface area contributed by atoms with Crippen LogP contribution >= 0.6 is 0 Å². The number of hydrogen-bond donors (Lipinski definition) is 2. The van der Waals surface area contributed by atoms with Crippen LogP contribution in [-0.2, 0) is 9.59 Å². The van der Waals surface area contributed by atoms with Crippen molar-refractivity contribution >= 4 is 34.5 Å². The average molecular weight is 449 g/mol. The monoisotopic (exact) mass is 448 g/mol. The smallest absolute Gasteiger partial charge is 0.231 e. The molecule has 6 heteroatoms. The zero-order valence-electron chi connectivity index (χ0n) is 19.9. The number of amides is 2. The predicted octanol–water partition coefficient (Wildman–Crippen LogP) is 5.94. The largest absolute Gasteiger partial charge is 0.310 e. The number of fused-ring (bicyclic) bond motifs is 1. The summed E-state index contributed by atoms with van der Waals surface area (Å²) in [5.41, 5.74) is 0.333. The molecule has 0 aromatic carbocycles. The maximum absolute atomic E-state index is 13.4. The van der Waals surface area contributed by atoms with E-state index in [1.54, 1.807) is 0 Å². The number of carbonyl (C=O) groups is 2. The first-order valence-electron chi connectivity index (χ1n) is 12.9. The first-order valence-corrected chi connectivity index (χ1v) is 12.9. The van der Waals surface area contributed by atoms with Crippen molar-refractivity contribution in [2.75, 3.05) is 10.6 Å². The minimum Gasteiger partial charge on any atom is -0.310 e. The van der Waals surface area contributed by atoms with E-state index in [1.807, 2.05) is 31.2 Å². The van der Waals surface area contributed by atoms with Crippen LogP contribution in [0.3, 0.4) is 0 Å². The minimum atomic E-state index is -0.206. The summed E-state index contributed by atoms with van der Waals surface area (Å²) in [6, 6.07) is 7.54. The minimum absolute atomic E-state index is 0.00121. The standard InChI is InChI=1S/C27H36N4O2/c1-3-5-6-20(4-2)25(32)30-22-9-7-21-8-10-23(29-24(21)28-22)31-26(33)27-14-17-11-18(15-27)13-19(12-17)16-27/h7-10,17-20H,3-6,11-16H2,1-2H3,(H2,28,29,30,31,32,33). The molecule has 0 saturated heterocycles. The van der Waals surface area contributed by atoms with Crippen molar-refractivity contribution in [3.05, 3.63) is 24.3 Å². The van der Waals surface area contributed by atoms with Gasteiger partial charge in [0.1, 0.15) is 11.6 Å². The zero-order chi connectivity index (χ0) is 23.0. The Bertz CT molecular complexity index is 1010. The lowest BCUT2D eigenvalue weighted by atomic mass is 9.49. The van der Waals surface area contributed by atoms with Gasteiger partial charge in [0.2, 0.25) is 11.8 Å². The van der Waals surface area contributed by atoms with Gasteiger partial charge in [0.05, 0.1) is 5.41 Å². The first-order chi connectivity index (χ1) is 16.0. The third-order valence-electron chi connectivity index (χ3n) is 8.33. The fourth-order valence-electron chi connectivity index (χ4n) is 6.98. The maximum atomic E-state index is 13.4. The number of rotatable bonds is 8. The molecule has 176 valence electrons. The Morgan fingerprint density at radius 3 is 2.06 bits per heavy atom. The van der Waals surface area contributed by atoms with Crippen LogP contribution in [0.2, 0.25) is 0 Å². The number of nitrogens with one attached hydrogen (secondary N) is 2. The topological polar surface area (TPSA) is 84.0 Å². The van der Waals surface area contributed by atoms with Gasteiger partial charge in [-0.25, -0.2) is 9.97 Å². The Kier molecular flexibility index (Phi) is 6.11. The van der Waals surface area contributed by atoms with Gasteiger partial charge in [-0.1, -0.05) is 26.7 Å². The van der Waals surface area contributed by atoms with Crippen LogP contribution in [0, 0.1) is 29.1 Å². The molecule has 2 N–H and O–H groups in total. The van der Waals surface area contributed by atoms with Crippen molar-refractivity contribution < 1.29 is 9.59 Å². The Labute approximate surface area is 196 Å². The molecule has 2 amide bonds. The van der Waals surface area contributed by atoms with Crippen LogP contribution in [0.4, 0.5) is 11.6 Å². The molecule has 4 aliphatic rings. The molecule has 1 unspecified atom stereocenters. The van der Waals surface area contributed by atoms with Crippen molar-refractivity contribution in [2.24, 2.45) is 29.1 Å². The van der Waals surface area contributed by atoms with Crippen LogP contribution in [0.5, 0.6) is 0 Å². The summed E-state index contributed by atoms with van der Waals surface area (Å²) in [5.74, 6) is 3.40. The van der Waals surface area contributed by atoms with Gasteiger partial charge in [-0.3, -0.25) is 9.59 Å². The zero-order valence-corrected chi connectivity index (χ0v) is 19.9. The Hall–Kier alpha value is -2.50. The van der Waals surface area contributed by atoms with Gasteiger partial charge in [0, 0.05) is 11.3 Å². The fraction of sp³-hybridized carbons (Fsp3) is 0.630. The highest BCUT2D eigenvalue weighted by atomic mass is 16.2. The van der Waals surface area contributed by atoms with E-state index in [4.69, 9.17) is 0 Å². The third kappa shape index (κ3) is 4.49. The van der Waals surface area contributed by atoms with E-state index in [0.29, 0.717) is 17.3 Å². The summed E-state index contributed by atoms with van der Waals surface area (Å²) in [7, 11) is 0. The summed E-state index contributed by atoms with van der Waals surface area (Å²) < 4.78 is 0. The Balaban J connectivity index is 1.30. The third-order valence-corrected chi connectivity index (χ3v) is 8.33. The number of hydrogen-bond acceptors (Lipinski definition) is 4. The van der Waals surface area contributed by atoms with Crippen LogP contribution in [0.25, 0.3) is 11.0 Å². The second-order valence-corrected chi connectivity index (χ2v) is 10.8. The van der Waals surface area contributed by atoms with Crippen molar-refractivity contribution in [3.8, 4) is 0 Å². The molecular formula is C27H36N4O2. The second kappa shape index (κ2) is 9.03. The van der Waals surface area contributed by atoms with Crippen LogP contribution in [-0.4, -0.2) is 21.8 Å². The first kappa shape index (κ1) is 22.3. The SMILES string of the molecule is CCCCC(CC)C(=O)Nc1ccc2ccc(NC(=O)C34CC5CC(CC(C5)C3)C4)nc2n1. The molecule has 6 rings (SSSR count). The van der Waals surface area contributed by atoms with Gasteiger partial charge >= 0.3 is 0 Å². The summed E-state index contributed by atoms with van der Waals surface area (Å²) in [4.78, 5) is 35.3. The molecule has 1 atom stereocenters. The molecule has 0 aliphatic heterocycles. The molecule has 33 heavy (non-hydrogen) atoms. The Morgan fingerprint density at radius 2 is 1.52 bits per heavy atom. The number of nitrogens with zero attached hydrogens (tertiary/aromatic N) is 2. The molecule has 4 fully saturated rings. The summed E-state index contributed by atoms with van der Waals surface area (Å²) in [6.45, 7) is 4.19. The average Bonchev–Trinajstić information content (AvgIpc) is 2.78. The van der Waals surface area contributed by atoms with Gasteiger partial charge in [0.15, 0.2) is 5.65 Å². The Morgan fingerprint density at radius 1 is 0.939 bits per heavy atom. The van der Waals surface area contributed by atoms with E-state index in [-0.39, 0.29) is 23.1 Å². The molecule has 4 saturated carbocycles. The van der Waals surface area contributed by atoms with Crippen molar-refractivity contribution in [1.82, 2.24) is 9.97 Å². The van der Waals surface area contributed by atoms with E-state index >= 15 is 0 Å². The van der Waals surface area contributed by atoms with Gasteiger partial charge < -0.3 is 10.6 Å². The van der Waals surface area contributed by atoms with Gasteiger partial charge in [-0.05, 0) is 93.4 Å². The molecule has 0 spiro atoms. The summed E-state index contributed by atoms with van der Waals surface area (Å²) >= 11 is 0. The molecule has 4 aliphatic carbocycles. The van der Waals surface area contributed by atoms with E-state index in [0.717, 1.165) is 68.1 Å². The lowest BCUT2D eigenvalue weighted by molar-refractivity contribution is -0.140. The molecule has 2 aromatic rings. The number of carbonyl (C=O) groups excluding carboxylic acids is 2. The summed E-state index contributed by atoms with van der Waals surface area (Å²) in [6.07, 6.45) is 10.9. The highest BCUT2D eigenvalue weighted by Crippen LogP contribution is 2.60. The van der Waals surface area contributed by atoms with Crippen LogP contribution < -0.4 is 10.6 Å². The predicted molar refractivity (Wildman–Crippen MR) is 131 cm³/mol. The molecule has 6 nitrogen and oxygen atoms in total.